The van der Waals surface area contributed by atoms with Gasteiger partial charge in [0.2, 0.25) is 0 Å². The van der Waals surface area contributed by atoms with Crippen LogP contribution in [0.3, 0.4) is 0 Å². The molecule has 0 saturated carbocycles. The zero-order chi connectivity index (χ0) is 13.1. The first-order valence-electron chi connectivity index (χ1n) is 8.16. The second-order valence-corrected chi connectivity index (χ2v) is 5.88. The van der Waals surface area contributed by atoms with Crippen LogP contribution in [0.4, 0.5) is 0 Å². The molecule has 0 aromatic heterocycles. The molecule has 0 bridgehead atoms. The smallest absolute Gasteiger partial charge is 0.0280 e. The van der Waals surface area contributed by atoms with Gasteiger partial charge >= 0.3 is 0 Å². The molecule has 0 nitrogen and oxygen atoms in total. The first-order valence-corrected chi connectivity index (χ1v) is 8.16. The molecule has 0 aliphatic rings. The standard InChI is InChI=1S/C17H36/c1-6-10-11-12-13-14-15-16(5)17(7-2,8-3)9-4/h16H,6-15H2,1-5H3. The average Bonchev–Trinajstić information content (AvgIpc) is 2.36. The molecule has 104 valence electrons. The van der Waals surface area contributed by atoms with Gasteiger partial charge in [-0.1, -0.05) is 98.8 Å². The van der Waals surface area contributed by atoms with Crippen LogP contribution in [0.5, 0.6) is 0 Å². The van der Waals surface area contributed by atoms with E-state index in [9.17, 15) is 0 Å². The van der Waals surface area contributed by atoms with Gasteiger partial charge in [-0.15, -0.1) is 0 Å². The summed E-state index contributed by atoms with van der Waals surface area (Å²) in [5.74, 6) is 0.911. The van der Waals surface area contributed by atoms with E-state index >= 15 is 0 Å². The third-order valence-corrected chi connectivity index (χ3v) is 5.15. The van der Waals surface area contributed by atoms with Crippen LogP contribution < -0.4 is 0 Å². The topological polar surface area (TPSA) is 0 Å². The summed E-state index contributed by atoms with van der Waals surface area (Å²) in [6.45, 7) is 11.9. The first-order chi connectivity index (χ1) is 8.16. The van der Waals surface area contributed by atoms with Crippen LogP contribution in [0.2, 0.25) is 0 Å². The fourth-order valence-corrected chi connectivity index (χ4v) is 3.33. The zero-order valence-corrected chi connectivity index (χ0v) is 13.1. The SMILES string of the molecule is CCCCCCCCC(C)C(CC)(CC)CC. The van der Waals surface area contributed by atoms with Crippen molar-refractivity contribution in [3.63, 3.8) is 0 Å². The number of hydrogen-bond donors (Lipinski definition) is 0. The summed E-state index contributed by atoms with van der Waals surface area (Å²) in [6, 6.07) is 0. The van der Waals surface area contributed by atoms with E-state index in [0.29, 0.717) is 5.41 Å². The maximum Gasteiger partial charge on any atom is -0.0280 e. The van der Waals surface area contributed by atoms with Gasteiger partial charge in [-0.2, -0.15) is 0 Å². The number of rotatable bonds is 11. The summed E-state index contributed by atoms with van der Waals surface area (Å²) < 4.78 is 0. The van der Waals surface area contributed by atoms with Crippen molar-refractivity contribution in [3.8, 4) is 0 Å². The fraction of sp³-hybridized carbons (Fsp3) is 1.00. The van der Waals surface area contributed by atoms with Crippen LogP contribution in [0.25, 0.3) is 0 Å². The Kier molecular flexibility index (Phi) is 9.97. The van der Waals surface area contributed by atoms with Gasteiger partial charge in [0.05, 0.1) is 0 Å². The maximum absolute atomic E-state index is 2.49. The van der Waals surface area contributed by atoms with Crippen molar-refractivity contribution in [2.75, 3.05) is 0 Å². The van der Waals surface area contributed by atoms with Crippen LogP contribution in [-0.4, -0.2) is 0 Å². The second kappa shape index (κ2) is 9.97. The van der Waals surface area contributed by atoms with E-state index in [4.69, 9.17) is 0 Å². The normalized spacial score (nSPS) is 13.9. The Hall–Kier alpha value is 0. The molecule has 0 aliphatic heterocycles. The Morgan fingerprint density at radius 1 is 0.706 bits per heavy atom. The van der Waals surface area contributed by atoms with E-state index in [0.717, 1.165) is 5.92 Å². The predicted octanol–water partition coefficient (Wildman–Crippen LogP) is 6.59. The Labute approximate surface area is 111 Å². The quantitative estimate of drug-likeness (QED) is 0.357. The molecule has 0 saturated heterocycles. The molecule has 1 unspecified atom stereocenters. The maximum atomic E-state index is 2.49. The highest BCUT2D eigenvalue weighted by molar-refractivity contribution is 4.80. The Balaban J connectivity index is 3.79. The van der Waals surface area contributed by atoms with Crippen molar-refractivity contribution in [2.24, 2.45) is 11.3 Å². The minimum atomic E-state index is 0.628. The molecule has 0 fully saturated rings. The molecule has 0 aromatic rings. The monoisotopic (exact) mass is 240 g/mol. The van der Waals surface area contributed by atoms with Gasteiger partial charge in [-0.25, -0.2) is 0 Å². The third kappa shape index (κ3) is 5.93. The van der Waals surface area contributed by atoms with Gasteiger partial charge in [0, 0.05) is 0 Å². The number of unbranched alkanes of at least 4 members (excludes halogenated alkanes) is 5. The van der Waals surface area contributed by atoms with Gasteiger partial charge in [0.1, 0.15) is 0 Å². The molecule has 0 rings (SSSR count). The molecule has 0 heteroatoms. The van der Waals surface area contributed by atoms with Crippen molar-refractivity contribution in [1.82, 2.24) is 0 Å². The highest BCUT2D eigenvalue weighted by Crippen LogP contribution is 2.41. The van der Waals surface area contributed by atoms with Crippen LogP contribution in [0.1, 0.15) is 98.8 Å². The van der Waals surface area contributed by atoms with E-state index < -0.39 is 0 Å². The molecular formula is C17H36. The molecule has 0 aromatic carbocycles. The Bertz CT molecular complexity index is 147. The second-order valence-electron chi connectivity index (χ2n) is 5.88. The van der Waals surface area contributed by atoms with Crippen molar-refractivity contribution >= 4 is 0 Å². The molecule has 0 N–H and O–H groups in total. The Morgan fingerprint density at radius 3 is 1.65 bits per heavy atom. The lowest BCUT2D eigenvalue weighted by molar-refractivity contribution is 0.137. The van der Waals surface area contributed by atoms with Crippen molar-refractivity contribution in [2.45, 2.75) is 98.8 Å². The molecule has 0 spiro atoms. The summed E-state index contributed by atoms with van der Waals surface area (Å²) in [5.41, 5.74) is 0.628. The summed E-state index contributed by atoms with van der Waals surface area (Å²) in [6.07, 6.45) is 14.1. The summed E-state index contributed by atoms with van der Waals surface area (Å²) in [5, 5.41) is 0. The molecule has 0 amide bonds. The highest BCUT2D eigenvalue weighted by atomic mass is 14.3. The molecule has 0 heterocycles. The fourth-order valence-electron chi connectivity index (χ4n) is 3.33. The van der Waals surface area contributed by atoms with Crippen molar-refractivity contribution in [3.05, 3.63) is 0 Å². The lowest BCUT2D eigenvalue weighted by atomic mass is 9.68. The van der Waals surface area contributed by atoms with Crippen LogP contribution >= 0.6 is 0 Å². The van der Waals surface area contributed by atoms with Crippen LogP contribution in [-0.2, 0) is 0 Å². The van der Waals surface area contributed by atoms with E-state index in [1.54, 1.807) is 0 Å². The van der Waals surface area contributed by atoms with Crippen molar-refractivity contribution < 1.29 is 0 Å². The van der Waals surface area contributed by atoms with Crippen molar-refractivity contribution in [1.29, 1.82) is 0 Å². The van der Waals surface area contributed by atoms with Gasteiger partial charge in [0.15, 0.2) is 0 Å². The average molecular weight is 240 g/mol. The largest absolute Gasteiger partial charge is 0.0654 e. The van der Waals surface area contributed by atoms with E-state index in [2.05, 4.69) is 34.6 Å². The molecule has 0 aliphatic carbocycles. The summed E-state index contributed by atoms with van der Waals surface area (Å²) >= 11 is 0. The van der Waals surface area contributed by atoms with Gasteiger partial charge in [-0.3, -0.25) is 0 Å². The lowest BCUT2D eigenvalue weighted by Crippen LogP contribution is -2.26. The minimum Gasteiger partial charge on any atom is -0.0654 e. The first kappa shape index (κ1) is 17.0. The van der Waals surface area contributed by atoms with E-state index in [1.807, 2.05) is 0 Å². The van der Waals surface area contributed by atoms with E-state index in [-0.39, 0.29) is 0 Å². The van der Waals surface area contributed by atoms with Crippen LogP contribution in [0.15, 0.2) is 0 Å². The predicted molar refractivity (Wildman–Crippen MR) is 80.5 cm³/mol. The Morgan fingerprint density at radius 2 is 1.18 bits per heavy atom. The minimum absolute atomic E-state index is 0.628. The van der Waals surface area contributed by atoms with E-state index in [1.165, 1.54) is 64.2 Å². The summed E-state index contributed by atoms with van der Waals surface area (Å²) in [4.78, 5) is 0. The summed E-state index contributed by atoms with van der Waals surface area (Å²) in [7, 11) is 0. The molecule has 0 radical (unpaired) electrons. The van der Waals surface area contributed by atoms with Gasteiger partial charge in [-0.05, 0) is 11.3 Å². The van der Waals surface area contributed by atoms with Gasteiger partial charge < -0.3 is 0 Å². The highest BCUT2D eigenvalue weighted by Gasteiger charge is 2.29. The molecule has 1 atom stereocenters. The van der Waals surface area contributed by atoms with Crippen LogP contribution in [0, 0.1) is 11.3 Å². The molecular weight excluding hydrogens is 204 g/mol. The molecule has 17 heavy (non-hydrogen) atoms. The third-order valence-electron chi connectivity index (χ3n) is 5.15. The zero-order valence-electron chi connectivity index (χ0n) is 13.1. The number of hydrogen-bond acceptors (Lipinski definition) is 0. The van der Waals surface area contributed by atoms with Gasteiger partial charge in [0.25, 0.3) is 0 Å². The lowest BCUT2D eigenvalue weighted by Gasteiger charge is -2.37.